The summed E-state index contributed by atoms with van der Waals surface area (Å²) < 4.78 is 0. The largest absolute Gasteiger partial charge is 0.363 e. The highest BCUT2D eigenvalue weighted by Crippen LogP contribution is 2.15. The molecule has 0 N–H and O–H groups in total. The zero-order valence-electron chi connectivity index (χ0n) is 15.0. The molecule has 0 atom stereocenters. The van der Waals surface area contributed by atoms with Crippen LogP contribution in [0.4, 0.5) is 11.8 Å². The molecule has 6 heteroatoms. The topological polar surface area (TPSA) is 48.4 Å². The van der Waals surface area contributed by atoms with Crippen LogP contribution in [0.15, 0.2) is 24.4 Å². The molecule has 0 saturated carbocycles. The van der Waals surface area contributed by atoms with Gasteiger partial charge in [0.25, 0.3) is 0 Å². The smallest absolute Gasteiger partial charge is 0.225 e. The maximum Gasteiger partial charge on any atom is 0.225 e. The maximum absolute atomic E-state index is 4.57. The predicted molar refractivity (Wildman–Crippen MR) is 97.6 cm³/mol. The van der Waals surface area contributed by atoms with Crippen molar-refractivity contribution in [3.63, 3.8) is 0 Å². The van der Waals surface area contributed by atoms with Gasteiger partial charge in [0.2, 0.25) is 5.95 Å². The Morgan fingerprint density at radius 2 is 1.67 bits per heavy atom. The second-order valence-corrected chi connectivity index (χ2v) is 6.63. The van der Waals surface area contributed by atoms with Crippen molar-refractivity contribution in [3.8, 4) is 0 Å². The molecule has 0 aromatic carbocycles. The van der Waals surface area contributed by atoms with Gasteiger partial charge < -0.3 is 9.80 Å². The number of nitrogens with zero attached hydrogens (tertiary/aromatic N) is 6. The van der Waals surface area contributed by atoms with Crippen LogP contribution in [0.1, 0.15) is 17.0 Å². The summed E-state index contributed by atoms with van der Waals surface area (Å²) in [7, 11) is 4.02. The normalized spacial score (nSPS) is 15.6. The molecule has 0 amide bonds. The number of hydrogen-bond donors (Lipinski definition) is 0. The Morgan fingerprint density at radius 1 is 1.00 bits per heavy atom. The fraction of sp³-hybridized carbons (Fsp3) is 0.500. The Morgan fingerprint density at radius 3 is 2.21 bits per heavy atom. The fourth-order valence-corrected chi connectivity index (χ4v) is 2.99. The monoisotopic (exact) mass is 326 g/mol. The van der Waals surface area contributed by atoms with E-state index in [4.69, 9.17) is 0 Å². The molecule has 1 fully saturated rings. The van der Waals surface area contributed by atoms with E-state index in [2.05, 4.69) is 36.9 Å². The van der Waals surface area contributed by atoms with Gasteiger partial charge in [0.1, 0.15) is 5.82 Å². The third kappa shape index (κ3) is 4.00. The van der Waals surface area contributed by atoms with Crippen LogP contribution in [-0.2, 0) is 6.54 Å². The average Bonchev–Trinajstić information content (AvgIpc) is 2.55. The fourth-order valence-electron chi connectivity index (χ4n) is 2.99. The molecular weight excluding hydrogens is 300 g/mol. The minimum Gasteiger partial charge on any atom is -0.363 e. The highest BCUT2D eigenvalue weighted by molar-refractivity contribution is 5.37. The predicted octanol–water partition coefficient (Wildman–Crippen LogP) is 1.88. The zero-order valence-corrected chi connectivity index (χ0v) is 15.0. The lowest BCUT2D eigenvalue weighted by Gasteiger charge is -2.34. The second kappa shape index (κ2) is 7.13. The van der Waals surface area contributed by atoms with Crippen molar-refractivity contribution in [1.82, 2.24) is 19.9 Å². The molecule has 1 aliphatic rings. The summed E-state index contributed by atoms with van der Waals surface area (Å²) in [6, 6.07) is 6.26. The second-order valence-electron chi connectivity index (χ2n) is 6.63. The Bertz CT molecular complexity index is 654. The molecule has 2 aromatic heterocycles. The molecule has 0 unspecified atom stereocenters. The number of anilines is 2. The Labute approximate surface area is 144 Å². The number of hydrogen-bond acceptors (Lipinski definition) is 6. The van der Waals surface area contributed by atoms with Gasteiger partial charge in [0.15, 0.2) is 0 Å². The Hall–Kier alpha value is -2.21. The van der Waals surface area contributed by atoms with Crippen molar-refractivity contribution >= 4 is 11.8 Å². The number of rotatable bonds is 4. The molecule has 6 nitrogen and oxygen atoms in total. The highest BCUT2D eigenvalue weighted by atomic mass is 15.3. The summed E-state index contributed by atoms with van der Waals surface area (Å²) in [5.41, 5.74) is 3.33. The van der Waals surface area contributed by atoms with Crippen molar-refractivity contribution in [2.24, 2.45) is 0 Å². The van der Waals surface area contributed by atoms with Crippen LogP contribution in [0, 0.1) is 13.8 Å². The van der Waals surface area contributed by atoms with Crippen LogP contribution in [0.5, 0.6) is 0 Å². The molecule has 128 valence electrons. The first kappa shape index (κ1) is 16.6. The van der Waals surface area contributed by atoms with E-state index in [0.29, 0.717) is 0 Å². The van der Waals surface area contributed by atoms with Crippen molar-refractivity contribution < 1.29 is 0 Å². The van der Waals surface area contributed by atoms with Crippen LogP contribution in [0.3, 0.4) is 0 Å². The van der Waals surface area contributed by atoms with Gasteiger partial charge >= 0.3 is 0 Å². The first-order chi connectivity index (χ1) is 11.5. The molecule has 3 heterocycles. The lowest BCUT2D eigenvalue weighted by molar-refractivity contribution is 0.248. The minimum atomic E-state index is 0.865. The van der Waals surface area contributed by atoms with Gasteiger partial charge in [-0.15, -0.1) is 0 Å². The Balaban J connectivity index is 1.57. The summed E-state index contributed by atoms with van der Waals surface area (Å²) in [6.45, 7) is 8.97. The number of pyridine rings is 1. The zero-order chi connectivity index (χ0) is 17.1. The van der Waals surface area contributed by atoms with Crippen LogP contribution in [-0.4, -0.2) is 60.1 Å². The van der Waals surface area contributed by atoms with E-state index in [-0.39, 0.29) is 0 Å². The average molecular weight is 326 g/mol. The van der Waals surface area contributed by atoms with Gasteiger partial charge in [0.05, 0.1) is 0 Å². The number of aryl methyl sites for hydroxylation is 2. The molecule has 24 heavy (non-hydrogen) atoms. The van der Waals surface area contributed by atoms with Gasteiger partial charge in [-0.05, 0) is 31.5 Å². The van der Waals surface area contributed by atoms with Crippen molar-refractivity contribution in [3.05, 3.63) is 41.3 Å². The molecule has 0 radical (unpaired) electrons. The number of aromatic nitrogens is 3. The molecule has 1 aliphatic heterocycles. The van der Waals surface area contributed by atoms with Crippen molar-refractivity contribution in [1.29, 1.82) is 0 Å². The van der Waals surface area contributed by atoms with Gasteiger partial charge in [-0.1, -0.05) is 6.07 Å². The standard InChI is InChI=1S/C18H26N6/c1-14-11-15(2)21-18(20-14)24-9-7-23(8-10-24)13-16-5-6-17(19-12-16)22(3)4/h5-6,11-12H,7-10,13H2,1-4H3. The summed E-state index contributed by atoms with van der Waals surface area (Å²) in [5.74, 6) is 1.86. The SMILES string of the molecule is Cc1cc(C)nc(N2CCN(Cc3ccc(N(C)C)nc3)CC2)n1. The van der Waals surface area contributed by atoms with E-state index in [1.165, 1.54) is 5.56 Å². The molecule has 0 spiro atoms. The molecule has 0 aliphatic carbocycles. The summed E-state index contributed by atoms with van der Waals surface area (Å²) in [6.07, 6.45) is 1.98. The maximum atomic E-state index is 4.57. The highest BCUT2D eigenvalue weighted by Gasteiger charge is 2.19. The third-order valence-corrected chi connectivity index (χ3v) is 4.30. The summed E-state index contributed by atoms with van der Waals surface area (Å²) in [4.78, 5) is 20.4. The summed E-state index contributed by atoms with van der Waals surface area (Å²) >= 11 is 0. The molecular formula is C18H26N6. The lowest BCUT2D eigenvalue weighted by Crippen LogP contribution is -2.46. The minimum absolute atomic E-state index is 0.865. The molecule has 0 bridgehead atoms. The number of piperazine rings is 1. The van der Waals surface area contributed by atoms with Crippen LogP contribution in [0.25, 0.3) is 0 Å². The molecule has 2 aromatic rings. The quantitative estimate of drug-likeness (QED) is 0.855. The van der Waals surface area contributed by atoms with E-state index in [1.54, 1.807) is 0 Å². The van der Waals surface area contributed by atoms with E-state index < -0.39 is 0 Å². The van der Waals surface area contributed by atoms with Gasteiger partial charge in [-0.3, -0.25) is 4.90 Å². The van der Waals surface area contributed by atoms with Crippen LogP contribution >= 0.6 is 0 Å². The first-order valence-corrected chi connectivity index (χ1v) is 8.43. The molecule has 3 rings (SSSR count). The van der Waals surface area contributed by atoms with Crippen molar-refractivity contribution in [2.75, 3.05) is 50.1 Å². The summed E-state index contributed by atoms with van der Waals surface area (Å²) in [5, 5.41) is 0. The van der Waals surface area contributed by atoms with Gasteiger partial charge in [0, 0.05) is 64.4 Å². The van der Waals surface area contributed by atoms with Crippen LogP contribution < -0.4 is 9.80 Å². The van der Waals surface area contributed by atoms with E-state index in [0.717, 1.165) is 55.9 Å². The van der Waals surface area contributed by atoms with Gasteiger partial charge in [-0.25, -0.2) is 15.0 Å². The van der Waals surface area contributed by atoms with E-state index in [1.807, 2.05) is 45.1 Å². The van der Waals surface area contributed by atoms with Crippen LogP contribution in [0.2, 0.25) is 0 Å². The first-order valence-electron chi connectivity index (χ1n) is 8.43. The van der Waals surface area contributed by atoms with Crippen molar-refractivity contribution in [2.45, 2.75) is 20.4 Å². The van der Waals surface area contributed by atoms with Gasteiger partial charge in [-0.2, -0.15) is 0 Å². The Kier molecular flexibility index (Phi) is 4.94. The van der Waals surface area contributed by atoms with E-state index in [9.17, 15) is 0 Å². The third-order valence-electron chi connectivity index (χ3n) is 4.30. The van der Waals surface area contributed by atoms with E-state index >= 15 is 0 Å². The molecule has 1 saturated heterocycles. The lowest BCUT2D eigenvalue weighted by atomic mass is 10.2.